The SMILES string of the molecule is C/C=C/CCNC(=O)c1cccc(I)c1. The van der Waals surface area contributed by atoms with Crippen LogP contribution in [-0.4, -0.2) is 12.5 Å². The molecule has 0 aliphatic carbocycles. The number of nitrogens with one attached hydrogen (secondary N) is 1. The summed E-state index contributed by atoms with van der Waals surface area (Å²) < 4.78 is 1.08. The zero-order chi connectivity index (χ0) is 11.1. The molecule has 15 heavy (non-hydrogen) atoms. The molecule has 0 spiro atoms. The van der Waals surface area contributed by atoms with E-state index in [9.17, 15) is 4.79 Å². The minimum absolute atomic E-state index is 0.00183. The fourth-order valence-corrected chi connectivity index (χ4v) is 1.71. The molecule has 1 amide bonds. The largest absolute Gasteiger partial charge is 0.352 e. The predicted octanol–water partition coefficient (Wildman–Crippen LogP) is 2.99. The Labute approximate surface area is 104 Å². The summed E-state index contributed by atoms with van der Waals surface area (Å²) in [5.41, 5.74) is 0.724. The van der Waals surface area contributed by atoms with Gasteiger partial charge < -0.3 is 5.32 Å². The molecule has 0 atom stereocenters. The van der Waals surface area contributed by atoms with Gasteiger partial charge >= 0.3 is 0 Å². The second-order valence-corrected chi connectivity index (χ2v) is 4.37. The summed E-state index contributed by atoms with van der Waals surface area (Å²) in [6.45, 7) is 2.66. The average Bonchev–Trinajstić information content (AvgIpc) is 2.24. The van der Waals surface area contributed by atoms with Gasteiger partial charge in [-0.1, -0.05) is 18.2 Å². The topological polar surface area (TPSA) is 29.1 Å². The second kappa shape index (κ2) is 6.61. The number of rotatable bonds is 4. The molecular weight excluding hydrogens is 301 g/mol. The van der Waals surface area contributed by atoms with Gasteiger partial charge in [0.15, 0.2) is 0 Å². The quantitative estimate of drug-likeness (QED) is 0.517. The third kappa shape index (κ3) is 4.46. The lowest BCUT2D eigenvalue weighted by atomic mass is 10.2. The van der Waals surface area contributed by atoms with Gasteiger partial charge in [-0.3, -0.25) is 4.79 Å². The maximum Gasteiger partial charge on any atom is 0.251 e. The van der Waals surface area contributed by atoms with E-state index in [0.29, 0.717) is 6.54 Å². The van der Waals surface area contributed by atoms with Crippen molar-refractivity contribution in [3.05, 3.63) is 45.6 Å². The normalized spacial score (nSPS) is 10.5. The fraction of sp³-hybridized carbons (Fsp3) is 0.250. The molecule has 0 unspecified atom stereocenters. The van der Waals surface area contributed by atoms with Crippen molar-refractivity contribution >= 4 is 28.5 Å². The number of hydrogen-bond donors (Lipinski definition) is 1. The Morgan fingerprint density at radius 1 is 1.53 bits per heavy atom. The molecule has 0 aliphatic heterocycles. The Balaban J connectivity index is 2.47. The van der Waals surface area contributed by atoms with Gasteiger partial charge in [-0.05, 0) is 54.1 Å². The smallest absolute Gasteiger partial charge is 0.251 e. The molecule has 0 bridgehead atoms. The third-order valence-corrected chi connectivity index (χ3v) is 2.59. The van der Waals surface area contributed by atoms with Crippen molar-refractivity contribution in [2.24, 2.45) is 0 Å². The molecule has 80 valence electrons. The fourth-order valence-electron chi connectivity index (χ4n) is 1.17. The average molecular weight is 315 g/mol. The van der Waals surface area contributed by atoms with Crippen LogP contribution >= 0.6 is 22.6 Å². The van der Waals surface area contributed by atoms with Crippen LogP contribution in [0.3, 0.4) is 0 Å². The maximum atomic E-state index is 11.6. The van der Waals surface area contributed by atoms with Crippen molar-refractivity contribution in [3.8, 4) is 0 Å². The Kier molecular flexibility index (Phi) is 5.39. The Hall–Kier alpha value is -0.840. The highest BCUT2D eigenvalue weighted by atomic mass is 127. The van der Waals surface area contributed by atoms with Crippen LogP contribution < -0.4 is 5.32 Å². The third-order valence-electron chi connectivity index (χ3n) is 1.92. The van der Waals surface area contributed by atoms with E-state index < -0.39 is 0 Å². The van der Waals surface area contributed by atoms with Crippen molar-refractivity contribution in [2.45, 2.75) is 13.3 Å². The van der Waals surface area contributed by atoms with E-state index in [1.807, 2.05) is 43.3 Å². The van der Waals surface area contributed by atoms with Gasteiger partial charge in [0.2, 0.25) is 0 Å². The van der Waals surface area contributed by atoms with Crippen LogP contribution in [0.5, 0.6) is 0 Å². The summed E-state index contributed by atoms with van der Waals surface area (Å²) in [6.07, 6.45) is 4.90. The van der Waals surface area contributed by atoms with Crippen LogP contribution in [0.15, 0.2) is 36.4 Å². The van der Waals surface area contributed by atoms with Crippen LogP contribution in [0, 0.1) is 3.57 Å². The number of halogens is 1. The van der Waals surface area contributed by atoms with Gasteiger partial charge in [-0.2, -0.15) is 0 Å². The number of allylic oxidation sites excluding steroid dienone is 1. The summed E-state index contributed by atoms with van der Waals surface area (Å²) in [5.74, 6) is -0.00183. The van der Waals surface area contributed by atoms with Gasteiger partial charge in [0.25, 0.3) is 5.91 Å². The summed E-state index contributed by atoms with van der Waals surface area (Å²) >= 11 is 2.20. The van der Waals surface area contributed by atoms with Crippen LogP contribution in [0.2, 0.25) is 0 Å². The lowest BCUT2D eigenvalue weighted by Crippen LogP contribution is -2.24. The van der Waals surface area contributed by atoms with Crippen molar-refractivity contribution in [2.75, 3.05) is 6.54 Å². The van der Waals surface area contributed by atoms with Gasteiger partial charge in [0.05, 0.1) is 0 Å². The van der Waals surface area contributed by atoms with E-state index in [4.69, 9.17) is 0 Å². The first-order valence-corrected chi connectivity index (χ1v) is 5.97. The number of amides is 1. The van der Waals surface area contributed by atoms with Crippen molar-refractivity contribution < 1.29 is 4.79 Å². The molecule has 2 nitrogen and oxygen atoms in total. The maximum absolute atomic E-state index is 11.6. The number of carbonyl (C=O) groups is 1. The van der Waals surface area contributed by atoms with Crippen LogP contribution in [0.25, 0.3) is 0 Å². The molecule has 0 aromatic heterocycles. The number of carbonyl (C=O) groups excluding carboxylic acids is 1. The zero-order valence-corrected chi connectivity index (χ0v) is 10.8. The summed E-state index contributed by atoms with van der Waals surface area (Å²) in [4.78, 5) is 11.6. The predicted molar refractivity (Wildman–Crippen MR) is 70.9 cm³/mol. The van der Waals surface area contributed by atoms with Crippen molar-refractivity contribution in [1.82, 2.24) is 5.32 Å². The molecule has 0 saturated carbocycles. The molecule has 0 aliphatic rings. The summed E-state index contributed by atoms with van der Waals surface area (Å²) in [7, 11) is 0. The van der Waals surface area contributed by atoms with Crippen molar-refractivity contribution in [1.29, 1.82) is 0 Å². The first-order valence-electron chi connectivity index (χ1n) is 4.89. The highest BCUT2D eigenvalue weighted by Crippen LogP contribution is 2.07. The summed E-state index contributed by atoms with van der Waals surface area (Å²) in [5, 5.41) is 2.87. The Morgan fingerprint density at radius 3 is 3.00 bits per heavy atom. The minimum Gasteiger partial charge on any atom is -0.352 e. The van der Waals surface area contributed by atoms with Crippen molar-refractivity contribution in [3.63, 3.8) is 0 Å². The molecule has 0 heterocycles. The molecule has 1 N–H and O–H groups in total. The van der Waals surface area contributed by atoms with Gasteiger partial charge in [-0.15, -0.1) is 0 Å². The second-order valence-electron chi connectivity index (χ2n) is 3.12. The molecule has 1 rings (SSSR count). The van der Waals surface area contributed by atoms with E-state index in [2.05, 4.69) is 27.9 Å². The van der Waals surface area contributed by atoms with E-state index in [-0.39, 0.29) is 5.91 Å². The lowest BCUT2D eigenvalue weighted by molar-refractivity contribution is 0.0954. The summed E-state index contributed by atoms with van der Waals surface area (Å²) in [6, 6.07) is 7.57. The van der Waals surface area contributed by atoms with Crippen LogP contribution in [-0.2, 0) is 0 Å². The standard InChI is InChI=1S/C12H14INO/c1-2-3-4-8-14-12(15)10-6-5-7-11(13)9-10/h2-3,5-7,9H,4,8H2,1H3,(H,14,15)/b3-2+. The van der Waals surface area contributed by atoms with Crippen LogP contribution in [0.4, 0.5) is 0 Å². The highest BCUT2D eigenvalue weighted by Gasteiger charge is 2.03. The van der Waals surface area contributed by atoms with E-state index >= 15 is 0 Å². The zero-order valence-electron chi connectivity index (χ0n) is 8.66. The molecule has 3 heteroatoms. The molecule has 1 aromatic carbocycles. The molecule has 0 radical (unpaired) electrons. The monoisotopic (exact) mass is 315 g/mol. The van der Waals surface area contributed by atoms with Gasteiger partial charge in [-0.25, -0.2) is 0 Å². The first-order chi connectivity index (χ1) is 7.24. The molecule has 1 aromatic rings. The molecule has 0 saturated heterocycles. The molecular formula is C12H14INO. The van der Waals surface area contributed by atoms with Crippen LogP contribution in [0.1, 0.15) is 23.7 Å². The first kappa shape index (κ1) is 12.2. The van der Waals surface area contributed by atoms with Gasteiger partial charge in [0.1, 0.15) is 0 Å². The van der Waals surface area contributed by atoms with E-state index in [1.54, 1.807) is 0 Å². The van der Waals surface area contributed by atoms with E-state index in [0.717, 1.165) is 15.6 Å². The van der Waals surface area contributed by atoms with Gasteiger partial charge in [0, 0.05) is 15.7 Å². The van der Waals surface area contributed by atoms with E-state index in [1.165, 1.54) is 0 Å². The molecule has 0 fully saturated rings. The Morgan fingerprint density at radius 2 is 2.33 bits per heavy atom. The number of hydrogen-bond acceptors (Lipinski definition) is 1. The highest BCUT2D eigenvalue weighted by molar-refractivity contribution is 14.1. The lowest BCUT2D eigenvalue weighted by Gasteiger charge is -2.03. The number of benzene rings is 1. The Bertz CT molecular complexity index is 360. The minimum atomic E-state index is -0.00183.